The molecule has 18 heavy (non-hydrogen) atoms. The molecule has 0 spiro atoms. The third-order valence-corrected chi connectivity index (χ3v) is 3.01. The third kappa shape index (κ3) is 3.17. The highest BCUT2D eigenvalue weighted by Gasteiger charge is 2.14. The average molecular weight is 247 g/mol. The molecule has 1 heterocycles. The Morgan fingerprint density at radius 3 is 2.50 bits per heavy atom. The van der Waals surface area contributed by atoms with Crippen molar-refractivity contribution in [1.29, 1.82) is 5.26 Å². The molecule has 0 aliphatic rings. The van der Waals surface area contributed by atoms with Gasteiger partial charge in [0.25, 0.3) is 0 Å². The van der Waals surface area contributed by atoms with E-state index in [1.165, 1.54) is 0 Å². The van der Waals surface area contributed by atoms with Crippen LogP contribution < -0.4 is 11.1 Å². The van der Waals surface area contributed by atoms with E-state index in [2.05, 4.69) is 21.6 Å². The van der Waals surface area contributed by atoms with Crippen LogP contribution in [0.15, 0.2) is 0 Å². The summed E-state index contributed by atoms with van der Waals surface area (Å²) >= 11 is 0. The maximum atomic E-state index is 9.28. The molecular weight excluding hydrogens is 226 g/mol. The standard InChI is InChI=1S/C13H21N5/c1-4-9(15)8-16-13-11(7-14)10(5-2)12(6-3)17-18-13/h9H,4-6,8,15H2,1-3H3,(H,16,18). The zero-order valence-electron chi connectivity index (χ0n) is 11.3. The Kier molecular flexibility index (Phi) is 5.53. The fraction of sp³-hybridized carbons (Fsp3) is 0.615. The molecule has 0 aromatic carbocycles. The van der Waals surface area contributed by atoms with Crippen molar-refractivity contribution in [2.24, 2.45) is 5.73 Å². The molecule has 0 aliphatic heterocycles. The van der Waals surface area contributed by atoms with Gasteiger partial charge in [0.05, 0.1) is 5.69 Å². The summed E-state index contributed by atoms with van der Waals surface area (Å²) in [6.07, 6.45) is 2.46. The summed E-state index contributed by atoms with van der Waals surface area (Å²) in [6.45, 7) is 6.68. The Labute approximate surface area is 108 Å². The van der Waals surface area contributed by atoms with Gasteiger partial charge in [0.1, 0.15) is 11.6 Å². The second-order valence-electron chi connectivity index (χ2n) is 4.22. The van der Waals surface area contributed by atoms with Gasteiger partial charge in [-0.2, -0.15) is 10.4 Å². The smallest absolute Gasteiger partial charge is 0.166 e. The molecule has 1 aromatic heterocycles. The Bertz CT molecular complexity index is 436. The molecule has 0 saturated carbocycles. The molecule has 5 nitrogen and oxygen atoms in total. The molecule has 1 atom stereocenters. The molecule has 1 unspecified atom stereocenters. The number of nitriles is 1. The third-order valence-electron chi connectivity index (χ3n) is 3.01. The van der Waals surface area contributed by atoms with Crippen LogP contribution in [-0.2, 0) is 12.8 Å². The van der Waals surface area contributed by atoms with E-state index in [0.717, 1.165) is 30.5 Å². The van der Waals surface area contributed by atoms with Gasteiger partial charge in [-0.3, -0.25) is 0 Å². The first-order chi connectivity index (χ1) is 8.67. The number of hydrogen-bond donors (Lipinski definition) is 2. The largest absolute Gasteiger partial charge is 0.366 e. The fourth-order valence-corrected chi connectivity index (χ4v) is 1.79. The van der Waals surface area contributed by atoms with Crippen LogP contribution in [0, 0.1) is 11.3 Å². The van der Waals surface area contributed by atoms with E-state index in [9.17, 15) is 5.26 Å². The number of anilines is 1. The first-order valence-electron chi connectivity index (χ1n) is 6.45. The molecule has 3 N–H and O–H groups in total. The summed E-state index contributed by atoms with van der Waals surface area (Å²) in [5.41, 5.74) is 8.34. The molecule has 0 saturated heterocycles. The lowest BCUT2D eigenvalue weighted by Gasteiger charge is -2.14. The van der Waals surface area contributed by atoms with E-state index >= 15 is 0 Å². The first-order valence-corrected chi connectivity index (χ1v) is 6.45. The summed E-state index contributed by atoms with van der Waals surface area (Å²) in [5, 5.41) is 20.7. The summed E-state index contributed by atoms with van der Waals surface area (Å²) in [4.78, 5) is 0. The Morgan fingerprint density at radius 1 is 1.28 bits per heavy atom. The van der Waals surface area contributed by atoms with E-state index < -0.39 is 0 Å². The second-order valence-corrected chi connectivity index (χ2v) is 4.22. The Balaban J connectivity index is 3.02. The summed E-state index contributed by atoms with van der Waals surface area (Å²) in [6, 6.07) is 2.29. The van der Waals surface area contributed by atoms with Gasteiger partial charge in [-0.25, -0.2) is 0 Å². The second kappa shape index (κ2) is 6.92. The van der Waals surface area contributed by atoms with Crippen LogP contribution in [0.3, 0.4) is 0 Å². The minimum absolute atomic E-state index is 0.0641. The summed E-state index contributed by atoms with van der Waals surface area (Å²) in [5.74, 6) is 0.551. The van der Waals surface area contributed by atoms with E-state index in [1.807, 2.05) is 20.8 Å². The summed E-state index contributed by atoms with van der Waals surface area (Å²) < 4.78 is 0. The predicted molar refractivity (Wildman–Crippen MR) is 72.3 cm³/mol. The lowest BCUT2D eigenvalue weighted by Crippen LogP contribution is -2.28. The molecular formula is C13H21N5. The highest BCUT2D eigenvalue weighted by molar-refractivity contribution is 5.56. The molecule has 0 aliphatic carbocycles. The number of nitrogens with one attached hydrogen (secondary N) is 1. The van der Waals surface area contributed by atoms with E-state index in [-0.39, 0.29) is 6.04 Å². The van der Waals surface area contributed by atoms with Gasteiger partial charge < -0.3 is 11.1 Å². The van der Waals surface area contributed by atoms with Crippen LogP contribution in [0.2, 0.25) is 0 Å². The minimum atomic E-state index is 0.0641. The number of rotatable bonds is 6. The van der Waals surface area contributed by atoms with Gasteiger partial charge >= 0.3 is 0 Å². The van der Waals surface area contributed by atoms with Crippen molar-refractivity contribution >= 4 is 5.82 Å². The normalized spacial score (nSPS) is 11.9. The monoisotopic (exact) mass is 247 g/mol. The molecule has 0 amide bonds. The predicted octanol–water partition coefficient (Wildman–Crippen LogP) is 1.62. The molecule has 0 radical (unpaired) electrons. The van der Waals surface area contributed by atoms with Crippen molar-refractivity contribution in [3.05, 3.63) is 16.8 Å². The highest BCUT2D eigenvalue weighted by Crippen LogP contribution is 2.19. The minimum Gasteiger partial charge on any atom is -0.366 e. The van der Waals surface area contributed by atoms with Crippen molar-refractivity contribution in [3.63, 3.8) is 0 Å². The van der Waals surface area contributed by atoms with Crippen LogP contribution >= 0.6 is 0 Å². The Hall–Kier alpha value is -1.67. The van der Waals surface area contributed by atoms with Crippen molar-refractivity contribution in [3.8, 4) is 6.07 Å². The lowest BCUT2D eigenvalue weighted by atomic mass is 10.0. The molecule has 1 aromatic rings. The van der Waals surface area contributed by atoms with Crippen molar-refractivity contribution in [2.75, 3.05) is 11.9 Å². The summed E-state index contributed by atoms with van der Waals surface area (Å²) in [7, 11) is 0. The fourth-order valence-electron chi connectivity index (χ4n) is 1.79. The quantitative estimate of drug-likeness (QED) is 0.797. The number of aryl methyl sites for hydroxylation is 1. The van der Waals surface area contributed by atoms with Gasteiger partial charge in [-0.1, -0.05) is 20.8 Å². The maximum Gasteiger partial charge on any atom is 0.166 e. The SMILES string of the molecule is CCc1nnc(NCC(N)CC)c(C#N)c1CC. The zero-order valence-corrected chi connectivity index (χ0v) is 11.3. The van der Waals surface area contributed by atoms with Crippen molar-refractivity contribution in [2.45, 2.75) is 46.1 Å². The topological polar surface area (TPSA) is 87.6 Å². The number of nitrogens with zero attached hydrogens (tertiary/aromatic N) is 3. The number of nitrogens with two attached hydrogens (primary N) is 1. The zero-order chi connectivity index (χ0) is 13.5. The molecule has 98 valence electrons. The lowest BCUT2D eigenvalue weighted by molar-refractivity contribution is 0.676. The molecule has 5 heteroatoms. The van der Waals surface area contributed by atoms with Crippen LogP contribution in [-0.4, -0.2) is 22.8 Å². The van der Waals surface area contributed by atoms with Crippen molar-refractivity contribution < 1.29 is 0 Å². The molecule has 0 bridgehead atoms. The molecule has 1 rings (SSSR count). The van der Waals surface area contributed by atoms with E-state index in [4.69, 9.17) is 5.73 Å². The highest BCUT2D eigenvalue weighted by atomic mass is 15.2. The van der Waals surface area contributed by atoms with Gasteiger partial charge in [0.2, 0.25) is 0 Å². The average Bonchev–Trinajstić information content (AvgIpc) is 2.43. The number of hydrogen-bond acceptors (Lipinski definition) is 5. The van der Waals surface area contributed by atoms with Crippen LogP contribution in [0.4, 0.5) is 5.82 Å². The van der Waals surface area contributed by atoms with Gasteiger partial charge in [0, 0.05) is 12.6 Å². The van der Waals surface area contributed by atoms with Gasteiger partial charge in [0.15, 0.2) is 5.82 Å². The maximum absolute atomic E-state index is 9.28. The van der Waals surface area contributed by atoms with Gasteiger partial charge in [-0.15, -0.1) is 5.10 Å². The number of aromatic nitrogens is 2. The molecule has 0 fully saturated rings. The van der Waals surface area contributed by atoms with Crippen LogP contribution in [0.5, 0.6) is 0 Å². The van der Waals surface area contributed by atoms with Crippen LogP contribution in [0.1, 0.15) is 44.0 Å². The first kappa shape index (κ1) is 14.4. The van der Waals surface area contributed by atoms with Gasteiger partial charge in [-0.05, 0) is 24.8 Å². The van der Waals surface area contributed by atoms with E-state index in [1.54, 1.807) is 0 Å². The van der Waals surface area contributed by atoms with Crippen LogP contribution in [0.25, 0.3) is 0 Å². The Morgan fingerprint density at radius 2 is 2.00 bits per heavy atom. The van der Waals surface area contributed by atoms with E-state index in [0.29, 0.717) is 17.9 Å². The van der Waals surface area contributed by atoms with Crippen molar-refractivity contribution in [1.82, 2.24) is 10.2 Å².